The molecule has 0 heterocycles. The third kappa shape index (κ3) is 4.37. The number of carbonyl (C=O) groups is 1. The maximum absolute atomic E-state index is 12.2. The highest BCUT2D eigenvalue weighted by atomic mass is 32.2. The van der Waals surface area contributed by atoms with E-state index in [1.165, 1.54) is 19.1 Å². The lowest BCUT2D eigenvalue weighted by Gasteiger charge is -2.12. The van der Waals surface area contributed by atoms with E-state index < -0.39 is 22.0 Å². The van der Waals surface area contributed by atoms with Crippen molar-refractivity contribution in [2.75, 3.05) is 6.61 Å². The summed E-state index contributed by atoms with van der Waals surface area (Å²) in [7, 11) is -3.82. The summed E-state index contributed by atoms with van der Waals surface area (Å²) in [6, 6.07) is 5.10. The Morgan fingerprint density at radius 1 is 1.35 bits per heavy atom. The highest BCUT2D eigenvalue weighted by Gasteiger charge is 2.25. The number of rotatable bonds is 5. The number of nitrogens with one attached hydrogen (secondary N) is 1. The molecule has 0 aliphatic heterocycles. The fraction of sp³-hybridized carbons (Fsp3) is 0.357. The second-order valence-corrected chi connectivity index (χ2v) is 5.73. The molecule has 0 aliphatic rings. The van der Waals surface area contributed by atoms with Gasteiger partial charge in [-0.05, 0) is 32.9 Å². The van der Waals surface area contributed by atoms with E-state index in [-0.39, 0.29) is 11.5 Å². The maximum Gasteiger partial charge on any atom is 0.336 e. The first-order chi connectivity index (χ1) is 9.40. The van der Waals surface area contributed by atoms with Gasteiger partial charge < -0.3 is 4.74 Å². The third-order valence-corrected chi connectivity index (χ3v) is 3.85. The van der Waals surface area contributed by atoms with Crippen LogP contribution in [0.2, 0.25) is 0 Å². The molecule has 108 valence electrons. The van der Waals surface area contributed by atoms with Crippen LogP contribution in [0.4, 0.5) is 0 Å². The highest BCUT2D eigenvalue weighted by molar-refractivity contribution is 7.89. The molecular formula is C14H17NO4S. The summed E-state index contributed by atoms with van der Waals surface area (Å²) in [5.74, 6) is 4.29. The van der Waals surface area contributed by atoms with Crippen LogP contribution in [0, 0.1) is 18.8 Å². The quantitative estimate of drug-likeness (QED) is 0.655. The molecule has 1 rings (SSSR count). The second kappa shape index (κ2) is 7.08. The van der Waals surface area contributed by atoms with Crippen LogP contribution in [0.5, 0.6) is 0 Å². The first-order valence-corrected chi connectivity index (χ1v) is 7.57. The largest absolute Gasteiger partial charge is 0.464 e. The molecule has 0 aliphatic carbocycles. The Morgan fingerprint density at radius 3 is 2.45 bits per heavy atom. The first-order valence-electron chi connectivity index (χ1n) is 6.08. The van der Waals surface area contributed by atoms with E-state index in [0.717, 1.165) is 5.56 Å². The van der Waals surface area contributed by atoms with Gasteiger partial charge in [0.15, 0.2) is 6.04 Å². The van der Waals surface area contributed by atoms with Crippen LogP contribution in [-0.4, -0.2) is 27.0 Å². The molecule has 20 heavy (non-hydrogen) atoms. The average Bonchev–Trinajstić information content (AvgIpc) is 2.39. The molecule has 0 aromatic heterocycles. The van der Waals surface area contributed by atoms with Gasteiger partial charge in [-0.15, -0.1) is 5.92 Å². The number of sulfonamides is 1. The number of hydrogen-bond acceptors (Lipinski definition) is 4. The third-order valence-electron chi connectivity index (χ3n) is 2.42. The highest BCUT2D eigenvalue weighted by Crippen LogP contribution is 2.10. The fourth-order valence-electron chi connectivity index (χ4n) is 1.45. The Morgan fingerprint density at radius 2 is 1.95 bits per heavy atom. The summed E-state index contributed by atoms with van der Waals surface area (Å²) in [6.45, 7) is 5.18. The van der Waals surface area contributed by atoms with Crippen LogP contribution in [0.3, 0.4) is 0 Å². The molecule has 0 saturated carbocycles. The summed E-state index contributed by atoms with van der Waals surface area (Å²) < 4.78 is 31.3. The van der Waals surface area contributed by atoms with Crippen molar-refractivity contribution in [1.82, 2.24) is 4.72 Å². The molecule has 1 N–H and O–H groups in total. The Balaban J connectivity index is 2.99. The number of ether oxygens (including phenoxy) is 1. The Labute approximate surface area is 119 Å². The van der Waals surface area contributed by atoms with Gasteiger partial charge in [0.2, 0.25) is 10.0 Å². The number of esters is 1. The van der Waals surface area contributed by atoms with Crippen LogP contribution < -0.4 is 4.72 Å². The summed E-state index contributed by atoms with van der Waals surface area (Å²) in [5.41, 5.74) is 0.944. The van der Waals surface area contributed by atoms with Gasteiger partial charge in [0, 0.05) is 0 Å². The second-order valence-electron chi connectivity index (χ2n) is 4.01. The number of benzene rings is 1. The zero-order valence-corrected chi connectivity index (χ0v) is 12.5. The van der Waals surface area contributed by atoms with Crippen LogP contribution in [0.15, 0.2) is 29.2 Å². The van der Waals surface area contributed by atoms with Crippen molar-refractivity contribution in [2.24, 2.45) is 0 Å². The molecule has 0 spiro atoms. The van der Waals surface area contributed by atoms with Crippen LogP contribution in [0.25, 0.3) is 0 Å². The predicted molar refractivity (Wildman–Crippen MR) is 75.4 cm³/mol. The molecule has 1 unspecified atom stereocenters. The fourth-order valence-corrected chi connectivity index (χ4v) is 2.54. The van der Waals surface area contributed by atoms with Gasteiger partial charge in [0.1, 0.15) is 0 Å². The van der Waals surface area contributed by atoms with Gasteiger partial charge in [-0.3, -0.25) is 0 Å². The van der Waals surface area contributed by atoms with E-state index in [1.807, 2.05) is 6.92 Å². The standard InChI is InChI=1S/C14H17NO4S/c1-4-6-13(14(16)19-5-2)15-20(17,18)12-9-7-11(3)8-10-12/h7-10,13,15H,5H2,1-3H3. The number of carbonyl (C=O) groups excluding carboxylic acids is 1. The Bertz CT molecular complexity index is 623. The lowest BCUT2D eigenvalue weighted by Crippen LogP contribution is -2.40. The molecule has 1 aromatic carbocycles. The summed E-state index contributed by atoms with van der Waals surface area (Å²) in [5, 5.41) is 0. The van der Waals surface area contributed by atoms with Crippen LogP contribution in [-0.2, 0) is 19.6 Å². The monoisotopic (exact) mass is 295 g/mol. The van der Waals surface area contributed by atoms with E-state index in [1.54, 1.807) is 19.1 Å². The molecule has 5 nitrogen and oxygen atoms in total. The summed E-state index contributed by atoms with van der Waals surface area (Å²) in [4.78, 5) is 11.7. The van der Waals surface area contributed by atoms with Gasteiger partial charge in [0.25, 0.3) is 0 Å². The average molecular weight is 295 g/mol. The van der Waals surface area contributed by atoms with Gasteiger partial charge >= 0.3 is 5.97 Å². The van der Waals surface area contributed by atoms with Crippen molar-refractivity contribution in [2.45, 2.75) is 31.7 Å². The molecule has 0 bridgehead atoms. The van der Waals surface area contributed by atoms with Gasteiger partial charge in [-0.1, -0.05) is 23.6 Å². The minimum Gasteiger partial charge on any atom is -0.464 e. The predicted octanol–water partition coefficient (Wildman–Crippen LogP) is 1.23. The van der Waals surface area contributed by atoms with E-state index >= 15 is 0 Å². The molecule has 0 amide bonds. The smallest absolute Gasteiger partial charge is 0.336 e. The minimum absolute atomic E-state index is 0.0790. The van der Waals surface area contributed by atoms with E-state index in [0.29, 0.717) is 0 Å². The molecular weight excluding hydrogens is 278 g/mol. The molecule has 0 saturated heterocycles. The normalized spacial score (nSPS) is 12.2. The molecule has 0 fully saturated rings. The lowest BCUT2D eigenvalue weighted by atomic mass is 10.2. The number of aryl methyl sites for hydroxylation is 1. The van der Waals surface area contributed by atoms with Gasteiger partial charge in [-0.25, -0.2) is 13.2 Å². The molecule has 1 atom stereocenters. The van der Waals surface area contributed by atoms with Crippen LogP contribution >= 0.6 is 0 Å². The Hall–Kier alpha value is -1.84. The summed E-state index contributed by atoms with van der Waals surface area (Å²) >= 11 is 0. The topological polar surface area (TPSA) is 72.5 Å². The van der Waals surface area contributed by atoms with Gasteiger partial charge in [-0.2, -0.15) is 4.72 Å². The van der Waals surface area contributed by atoms with E-state index in [4.69, 9.17) is 4.74 Å². The zero-order valence-electron chi connectivity index (χ0n) is 11.6. The zero-order chi connectivity index (χ0) is 15.2. The molecule has 6 heteroatoms. The van der Waals surface area contributed by atoms with E-state index in [9.17, 15) is 13.2 Å². The van der Waals surface area contributed by atoms with Crippen molar-refractivity contribution in [3.8, 4) is 11.8 Å². The SMILES string of the molecule is CC#CC(NS(=O)(=O)c1ccc(C)cc1)C(=O)OCC. The van der Waals surface area contributed by atoms with Crippen molar-refractivity contribution in [1.29, 1.82) is 0 Å². The molecule has 1 aromatic rings. The van der Waals surface area contributed by atoms with Crippen molar-refractivity contribution < 1.29 is 17.9 Å². The van der Waals surface area contributed by atoms with E-state index in [2.05, 4.69) is 16.6 Å². The van der Waals surface area contributed by atoms with Crippen LogP contribution in [0.1, 0.15) is 19.4 Å². The first kappa shape index (κ1) is 16.2. The lowest BCUT2D eigenvalue weighted by molar-refractivity contribution is -0.143. The van der Waals surface area contributed by atoms with Crippen molar-refractivity contribution >= 4 is 16.0 Å². The van der Waals surface area contributed by atoms with Crippen molar-refractivity contribution in [3.63, 3.8) is 0 Å². The molecule has 0 radical (unpaired) electrons. The Kier molecular flexibility index (Phi) is 5.74. The maximum atomic E-state index is 12.2. The summed E-state index contributed by atoms with van der Waals surface area (Å²) in [6.07, 6.45) is 0. The van der Waals surface area contributed by atoms with Gasteiger partial charge in [0.05, 0.1) is 11.5 Å². The number of hydrogen-bond donors (Lipinski definition) is 1. The van der Waals surface area contributed by atoms with Crippen molar-refractivity contribution in [3.05, 3.63) is 29.8 Å². The minimum atomic E-state index is -3.82.